The van der Waals surface area contributed by atoms with Gasteiger partial charge in [-0.2, -0.15) is 0 Å². The van der Waals surface area contributed by atoms with Crippen molar-refractivity contribution >= 4 is 21.5 Å². The zero-order chi connectivity index (χ0) is 16.3. The van der Waals surface area contributed by atoms with Crippen molar-refractivity contribution in [3.05, 3.63) is 58.7 Å². The summed E-state index contributed by atoms with van der Waals surface area (Å²) in [6.45, 7) is 0. The third kappa shape index (κ3) is 1.69. The first kappa shape index (κ1) is 14.6. The molecule has 0 aliphatic rings. The number of benzene rings is 3. The van der Waals surface area contributed by atoms with Crippen LogP contribution in [0.5, 0.6) is 0 Å². The largest absolute Gasteiger partial charge is 0.203 e. The van der Waals surface area contributed by atoms with E-state index in [1.165, 1.54) is 12.1 Å². The normalized spacial score (nSPS) is 11.6. The van der Waals surface area contributed by atoms with Gasteiger partial charge < -0.3 is 0 Å². The molecule has 0 unspecified atom stereocenters. The smallest absolute Gasteiger partial charge is 0.195 e. The highest BCUT2D eigenvalue weighted by molar-refractivity contribution is 6.08. The van der Waals surface area contributed by atoms with Crippen LogP contribution in [-0.2, 0) is 0 Å². The van der Waals surface area contributed by atoms with Gasteiger partial charge in [0.05, 0.1) is 0 Å². The minimum absolute atomic E-state index is 1.28. The Bertz CT molecular complexity index is 882. The van der Waals surface area contributed by atoms with Gasteiger partial charge in [0.2, 0.25) is 0 Å². The van der Waals surface area contributed by atoms with Crippen LogP contribution in [0, 0.1) is 58.7 Å². The van der Waals surface area contributed by atoms with E-state index in [0.29, 0.717) is 0 Å². The van der Waals surface area contributed by atoms with Crippen molar-refractivity contribution in [3.8, 4) is 0 Å². The van der Waals surface area contributed by atoms with Crippen molar-refractivity contribution in [2.45, 2.75) is 0 Å². The highest BCUT2D eigenvalue weighted by Crippen LogP contribution is 2.36. The summed E-state index contributed by atoms with van der Waals surface area (Å²) in [5, 5.41) is -5.17. The van der Waals surface area contributed by atoms with Gasteiger partial charge in [-0.3, -0.25) is 0 Å². The first-order chi connectivity index (χ1) is 10.3. The van der Waals surface area contributed by atoms with Crippen LogP contribution in [0.15, 0.2) is 0 Å². The Hall–Kier alpha value is -2.38. The van der Waals surface area contributed by atoms with E-state index in [1.807, 2.05) is 0 Å². The maximum Gasteiger partial charge on any atom is 0.195 e. The molecule has 3 aromatic carbocycles. The van der Waals surface area contributed by atoms with E-state index in [2.05, 4.69) is 0 Å². The summed E-state index contributed by atoms with van der Waals surface area (Å²) in [4.78, 5) is 0. The van der Waals surface area contributed by atoms with Crippen molar-refractivity contribution in [2.75, 3.05) is 0 Å². The van der Waals surface area contributed by atoms with Gasteiger partial charge in [-0.1, -0.05) is 0 Å². The van der Waals surface area contributed by atoms with Crippen molar-refractivity contribution in [1.82, 2.24) is 0 Å². The number of hydrogen-bond donors (Lipinski definition) is 0. The highest BCUT2D eigenvalue weighted by Gasteiger charge is 2.27. The van der Waals surface area contributed by atoms with Crippen molar-refractivity contribution in [1.29, 1.82) is 0 Å². The molecule has 3 rings (SSSR count). The molecular weight excluding hydrogens is 320 g/mol. The molecule has 0 N–H and O–H groups in total. The molecule has 8 heteroatoms. The van der Waals surface area contributed by atoms with Crippen LogP contribution in [0.1, 0.15) is 0 Å². The molecule has 0 bridgehead atoms. The fourth-order valence-electron chi connectivity index (χ4n) is 2.10. The average molecular weight is 320 g/mol. The lowest BCUT2D eigenvalue weighted by molar-refractivity contribution is 0.446. The Balaban J connectivity index is 2.77. The first-order valence-corrected chi connectivity index (χ1v) is 5.51. The maximum atomic E-state index is 13.8. The number of rotatable bonds is 0. The van der Waals surface area contributed by atoms with E-state index in [-0.39, 0.29) is 0 Å². The van der Waals surface area contributed by atoms with Crippen LogP contribution in [-0.4, -0.2) is 0 Å². The Morgan fingerprint density at radius 1 is 0.409 bits per heavy atom. The second-order valence-electron chi connectivity index (χ2n) is 4.26. The summed E-state index contributed by atoms with van der Waals surface area (Å²) in [6.07, 6.45) is 0. The average Bonchev–Trinajstić information content (AvgIpc) is 2.48. The van der Waals surface area contributed by atoms with E-state index < -0.39 is 68.1 Å². The van der Waals surface area contributed by atoms with Gasteiger partial charge in [0, 0.05) is 33.7 Å². The molecule has 0 aromatic heterocycles. The van der Waals surface area contributed by atoms with Crippen LogP contribution in [0.25, 0.3) is 21.5 Å². The summed E-state index contributed by atoms with van der Waals surface area (Å²) < 4.78 is 108. The van der Waals surface area contributed by atoms with Crippen molar-refractivity contribution in [2.24, 2.45) is 0 Å². The predicted molar refractivity (Wildman–Crippen MR) is 58.8 cm³/mol. The van der Waals surface area contributed by atoms with Gasteiger partial charge in [-0.05, 0) is 0 Å². The van der Waals surface area contributed by atoms with Crippen LogP contribution in [0.4, 0.5) is 35.1 Å². The van der Waals surface area contributed by atoms with Gasteiger partial charge in [0.25, 0.3) is 0 Å². The van der Waals surface area contributed by atoms with E-state index in [9.17, 15) is 35.1 Å². The fraction of sp³-hybridized carbons (Fsp3) is 0. The summed E-state index contributed by atoms with van der Waals surface area (Å²) in [5.41, 5.74) is 0. The molecular formula is C14F8. The van der Waals surface area contributed by atoms with Gasteiger partial charge >= 0.3 is 0 Å². The zero-order valence-corrected chi connectivity index (χ0v) is 10.0. The lowest BCUT2D eigenvalue weighted by atomic mass is 9.99. The second-order valence-corrected chi connectivity index (χ2v) is 4.26. The molecule has 22 heavy (non-hydrogen) atoms. The molecule has 0 amide bonds. The minimum atomic E-state index is -2.15. The van der Waals surface area contributed by atoms with Crippen LogP contribution < -0.4 is 0 Å². The van der Waals surface area contributed by atoms with Crippen molar-refractivity contribution in [3.63, 3.8) is 0 Å². The molecule has 2 radical (unpaired) electrons. The monoisotopic (exact) mass is 320 g/mol. The van der Waals surface area contributed by atoms with Crippen LogP contribution in [0.2, 0.25) is 0 Å². The number of halogens is 8. The first-order valence-electron chi connectivity index (χ1n) is 5.51. The third-order valence-electron chi connectivity index (χ3n) is 3.06. The topological polar surface area (TPSA) is 0 Å². The second kappa shape index (κ2) is 4.56. The Morgan fingerprint density at radius 3 is 1.05 bits per heavy atom. The number of fused-ring (bicyclic) bond motifs is 3. The summed E-state index contributed by atoms with van der Waals surface area (Å²) in [6, 6.07) is 2.74. The quantitative estimate of drug-likeness (QED) is 0.320. The van der Waals surface area contributed by atoms with E-state index >= 15 is 0 Å². The maximum absolute atomic E-state index is 13.8. The molecule has 3 aromatic rings. The standard InChI is InChI=1S/C14F8/c15-5-1-3-7(13(21)11(5)19)8-4(10(18)9(3)17)2-6(16)12(20)14(8)22. The molecule has 0 atom stereocenters. The molecule has 0 nitrogen and oxygen atoms in total. The molecule has 0 aliphatic heterocycles. The Labute approximate surface area is 116 Å². The van der Waals surface area contributed by atoms with Gasteiger partial charge in [-0.25, -0.2) is 35.1 Å². The molecule has 0 heterocycles. The molecule has 0 spiro atoms. The summed E-state index contributed by atoms with van der Waals surface area (Å²) in [7, 11) is 0. The highest BCUT2D eigenvalue weighted by atomic mass is 19.2. The Kier molecular flexibility index (Phi) is 3.01. The van der Waals surface area contributed by atoms with E-state index in [0.717, 1.165) is 0 Å². The van der Waals surface area contributed by atoms with Gasteiger partial charge in [0.1, 0.15) is 0 Å². The lowest BCUT2D eigenvalue weighted by Crippen LogP contribution is -2.02. The zero-order valence-electron chi connectivity index (χ0n) is 10.0. The molecule has 112 valence electrons. The molecule has 0 saturated heterocycles. The summed E-state index contributed by atoms with van der Waals surface area (Å²) >= 11 is 0. The predicted octanol–water partition coefficient (Wildman–Crippen LogP) is 4.71. The van der Waals surface area contributed by atoms with Crippen molar-refractivity contribution < 1.29 is 35.1 Å². The van der Waals surface area contributed by atoms with Crippen LogP contribution >= 0.6 is 0 Å². The molecule has 0 aliphatic carbocycles. The van der Waals surface area contributed by atoms with E-state index in [1.54, 1.807) is 0 Å². The van der Waals surface area contributed by atoms with Gasteiger partial charge in [0.15, 0.2) is 46.5 Å². The third-order valence-corrected chi connectivity index (χ3v) is 3.06. The lowest BCUT2D eigenvalue weighted by Gasteiger charge is -2.10. The SMILES string of the molecule is Fc1[c]c2c(F)c(F)c3[c]c(F)c(F)c(F)c3c2c(F)c1F. The number of hydrogen-bond acceptors (Lipinski definition) is 0. The summed E-state index contributed by atoms with van der Waals surface area (Å²) in [5.74, 6) is -16.3. The fourth-order valence-corrected chi connectivity index (χ4v) is 2.10. The van der Waals surface area contributed by atoms with E-state index in [4.69, 9.17) is 0 Å². The van der Waals surface area contributed by atoms with Gasteiger partial charge in [-0.15, -0.1) is 0 Å². The molecule has 0 fully saturated rings. The molecule has 0 saturated carbocycles. The Morgan fingerprint density at radius 2 is 0.727 bits per heavy atom. The minimum Gasteiger partial charge on any atom is -0.203 e. The van der Waals surface area contributed by atoms with Crippen LogP contribution in [0.3, 0.4) is 0 Å².